The van der Waals surface area contributed by atoms with Gasteiger partial charge in [0.15, 0.2) is 0 Å². The largest absolute Gasteiger partial charge is 0.307 e. The average Bonchev–Trinajstić information content (AvgIpc) is 2.53. The zero-order valence-corrected chi connectivity index (χ0v) is 10.9. The second kappa shape index (κ2) is 4.73. The standard InChI is InChI=1S/C13H20NOP/c1-11-9-16(15,10-12(11)2)14-8-13-6-4-3-5-7-13/h3-7,11-12H,8-10H2,1-2H3,(H,14,15). The number of rotatable bonds is 3. The molecule has 0 aromatic heterocycles. The van der Waals surface area contributed by atoms with Crippen LogP contribution in [0.5, 0.6) is 0 Å². The van der Waals surface area contributed by atoms with E-state index in [1.165, 1.54) is 5.56 Å². The van der Waals surface area contributed by atoms with Crippen LogP contribution in [0.3, 0.4) is 0 Å². The van der Waals surface area contributed by atoms with E-state index in [2.05, 4.69) is 31.1 Å². The molecule has 0 radical (unpaired) electrons. The highest BCUT2D eigenvalue weighted by Gasteiger charge is 2.36. The van der Waals surface area contributed by atoms with Crippen molar-refractivity contribution in [2.24, 2.45) is 11.8 Å². The summed E-state index contributed by atoms with van der Waals surface area (Å²) < 4.78 is 12.5. The maximum Gasteiger partial charge on any atom is 0.148 e. The van der Waals surface area contributed by atoms with Gasteiger partial charge in [-0.25, -0.2) is 0 Å². The topological polar surface area (TPSA) is 29.1 Å². The molecule has 16 heavy (non-hydrogen) atoms. The molecule has 1 aromatic rings. The molecule has 2 atom stereocenters. The highest BCUT2D eigenvalue weighted by Crippen LogP contribution is 2.53. The number of benzene rings is 1. The summed E-state index contributed by atoms with van der Waals surface area (Å²) in [6.07, 6.45) is 1.72. The Bertz CT molecular complexity index is 376. The van der Waals surface area contributed by atoms with Gasteiger partial charge in [0.2, 0.25) is 0 Å². The molecule has 0 bridgehead atoms. The molecule has 0 saturated carbocycles. The first kappa shape index (κ1) is 11.9. The molecule has 2 unspecified atom stereocenters. The van der Waals surface area contributed by atoms with Crippen molar-refractivity contribution in [1.29, 1.82) is 0 Å². The van der Waals surface area contributed by atoms with Crippen LogP contribution in [0.25, 0.3) is 0 Å². The van der Waals surface area contributed by atoms with Gasteiger partial charge in [-0.1, -0.05) is 44.2 Å². The van der Waals surface area contributed by atoms with E-state index >= 15 is 0 Å². The van der Waals surface area contributed by atoms with E-state index in [9.17, 15) is 4.57 Å². The van der Waals surface area contributed by atoms with Crippen LogP contribution in [0.2, 0.25) is 0 Å². The highest BCUT2D eigenvalue weighted by molar-refractivity contribution is 7.62. The number of hydrogen-bond acceptors (Lipinski definition) is 1. The molecule has 2 rings (SSSR count). The molecule has 0 spiro atoms. The molecule has 1 aliphatic rings. The lowest BCUT2D eigenvalue weighted by molar-refractivity contribution is 0.494. The zero-order chi connectivity index (χ0) is 11.6. The van der Waals surface area contributed by atoms with Gasteiger partial charge in [0, 0.05) is 18.9 Å². The third-order valence-corrected chi connectivity index (χ3v) is 6.62. The van der Waals surface area contributed by atoms with Crippen LogP contribution in [0.4, 0.5) is 0 Å². The van der Waals surface area contributed by atoms with Gasteiger partial charge in [0.05, 0.1) is 0 Å². The molecule has 0 amide bonds. The minimum Gasteiger partial charge on any atom is -0.307 e. The molecule has 0 aliphatic carbocycles. The molecule has 1 aromatic carbocycles. The first-order valence-electron chi connectivity index (χ1n) is 5.96. The first-order valence-corrected chi connectivity index (χ1v) is 8.04. The molecule has 3 heteroatoms. The van der Waals surface area contributed by atoms with Crippen molar-refractivity contribution in [3.8, 4) is 0 Å². The summed E-state index contributed by atoms with van der Waals surface area (Å²) in [6.45, 7) is 5.14. The van der Waals surface area contributed by atoms with Crippen molar-refractivity contribution in [3.63, 3.8) is 0 Å². The van der Waals surface area contributed by atoms with Crippen molar-refractivity contribution < 1.29 is 4.57 Å². The third kappa shape index (κ3) is 2.75. The first-order chi connectivity index (χ1) is 7.59. The SMILES string of the molecule is CC1CP(=O)(NCc2ccccc2)CC1C. The van der Waals surface area contributed by atoms with E-state index in [1.807, 2.05) is 18.2 Å². The summed E-state index contributed by atoms with van der Waals surface area (Å²) in [4.78, 5) is 0. The van der Waals surface area contributed by atoms with Gasteiger partial charge in [-0.05, 0) is 17.4 Å². The van der Waals surface area contributed by atoms with Crippen LogP contribution < -0.4 is 5.09 Å². The molecule has 1 fully saturated rings. The van der Waals surface area contributed by atoms with Crippen molar-refractivity contribution in [1.82, 2.24) is 5.09 Å². The normalized spacial score (nSPS) is 34.1. The van der Waals surface area contributed by atoms with Crippen LogP contribution in [0.15, 0.2) is 30.3 Å². The summed E-state index contributed by atoms with van der Waals surface area (Å²) in [6, 6.07) is 10.2. The third-order valence-electron chi connectivity index (χ3n) is 3.55. The fourth-order valence-electron chi connectivity index (χ4n) is 2.33. The van der Waals surface area contributed by atoms with Crippen molar-refractivity contribution in [2.45, 2.75) is 20.4 Å². The summed E-state index contributed by atoms with van der Waals surface area (Å²) in [5.41, 5.74) is 1.21. The fourth-order valence-corrected chi connectivity index (χ4v) is 5.78. The van der Waals surface area contributed by atoms with E-state index < -0.39 is 7.29 Å². The Hall–Kier alpha value is -0.590. The summed E-state index contributed by atoms with van der Waals surface area (Å²) in [5.74, 6) is 1.18. The number of hydrogen-bond donors (Lipinski definition) is 1. The van der Waals surface area contributed by atoms with Gasteiger partial charge < -0.3 is 4.57 Å². The van der Waals surface area contributed by atoms with Crippen LogP contribution in [0, 0.1) is 11.8 Å². The molecule has 88 valence electrons. The molecular weight excluding hydrogens is 217 g/mol. The Kier molecular flexibility index (Phi) is 3.51. The van der Waals surface area contributed by atoms with Crippen molar-refractivity contribution in [2.75, 3.05) is 12.3 Å². The molecule has 2 nitrogen and oxygen atoms in total. The van der Waals surface area contributed by atoms with E-state index in [1.54, 1.807) is 0 Å². The van der Waals surface area contributed by atoms with Crippen molar-refractivity contribution in [3.05, 3.63) is 35.9 Å². The summed E-state index contributed by atoms with van der Waals surface area (Å²) >= 11 is 0. The van der Waals surface area contributed by atoms with Gasteiger partial charge in [-0.3, -0.25) is 5.09 Å². The second-order valence-corrected chi connectivity index (χ2v) is 7.85. The lowest BCUT2D eigenvalue weighted by Gasteiger charge is -2.13. The van der Waals surface area contributed by atoms with Crippen molar-refractivity contribution >= 4 is 7.29 Å². The smallest absolute Gasteiger partial charge is 0.148 e. The van der Waals surface area contributed by atoms with Crippen LogP contribution >= 0.6 is 7.29 Å². The Morgan fingerprint density at radius 1 is 1.19 bits per heavy atom. The predicted octanol–water partition coefficient (Wildman–Crippen LogP) is 3.34. The second-order valence-electron chi connectivity index (χ2n) is 5.03. The summed E-state index contributed by atoms with van der Waals surface area (Å²) in [7, 11) is -2.10. The Labute approximate surface area is 97.9 Å². The quantitative estimate of drug-likeness (QED) is 0.817. The minimum atomic E-state index is -2.10. The van der Waals surface area contributed by atoms with Crippen LogP contribution in [-0.4, -0.2) is 12.3 Å². The monoisotopic (exact) mass is 237 g/mol. The van der Waals surface area contributed by atoms with Crippen LogP contribution in [-0.2, 0) is 11.1 Å². The number of nitrogens with one attached hydrogen (secondary N) is 1. The lowest BCUT2D eigenvalue weighted by Crippen LogP contribution is -2.11. The maximum atomic E-state index is 12.5. The molecule has 1 aliphatic heterocycles. The fraction of sp³-hybridized carbons (Fsp3) is 0.538. The molecular formula is C13H20NOP. The predicted molar refractivity (Wildman–Crippen MR) is 69.0 cm³/mol. The Balaban J connectivity index is 1.94. The van der Waals surface area contributed by atoms with Gasteiger partial charge in [-0.15, -0.1) is 0 Å². The molecule has 1 N–H and O–H groups in total. The highest BCUT2D eigenvalue weighted by atomic mass is 31.2. The minimum absolute atomic E-state index is 0.592. The molecule has 1 heterocycles. The Morgan fingerprint density at radius 3 is 2.31 bits per heavy atom. The summed E-state index contributed by atoms with van der Waals surface area (Å²) in [5, 5.41) is 3.29. The van der Waals surface area contributed by atoms with Gasteiger partial charge in [0.25, 0.3) is 0 Å². The average molecular weight is 237 g/mol. The van der Waals surface area contributed by atoms with Gasteiger partial charge >= 0.3 is 0 Å². The lowest BCUT2D eigenvalue weighted by atomic mass is 10.0. The maximum absolute atomic E-state index is 12.5. The Morgan fingerprint density at radius 2 is 1.75 bits per heavy atom. The zero-order valence-electron chi connectivity index (χ0n) is 10.0. The van der Waals surface area contributed by atoms with Gasteiger partial charge in [0.1, 0.15) is 7.29 Å². The van der Waals surface area contributed by atoms with E-state index in [0.29, 0.717) is 11.8 Å². The van der Waals surface area contributed by atoms with Gasteiger partial charge in [-0.2, -0.15) is 0 Å². The van der Waals surface area contributed by atoms with E-state index in [-0.39, 0.29) is 0 Å². The van der Waals surface area contributed by atoms with E-state index in [0.717, 1.165) is 18.9 Å². The molecule has 1 saturated heterocycles. The van der Waals surface area contributed by atoms with Crippen LogP contribution in [0.1, 0.15) is 19.4 Å². The van der Waals surface area contributed by atoms with E-state index in [4.69, 9.17) is 0 Å².